The second-order valence-electron chi connectivity index (χ2n) is 5.43. The Hall–Kier alpha value is -0.130. The van der Waals surface area contributed by atoms with Crippen molar-refractivity contribution in [2.75, 3.05) is 39.4 Å². The maximum absolute atomic E-state index is 6.26. The van der Waals surface area contributed by atoms with Crippen LogP contribution in [0.15, 0.2) is 11.1 Å². The molecule has 104 valence electrons. The third-order valence-corrected chi connectivity index (χ3v) is 4.42. The molecule has 2 aliphatic heterocycles. The average molecular weight is 273 g/mol. The molecular weight excluding hydrogens is 248 g/mol. The van der Waals surface area contributed by atoms with E-state index in [-0.39, 0.29) is 5.62 Å². The number of nitrogens with one attached hydrogen (secondary N) is 2. The van der Waals surface area contributed by atoms with Crippen molar-refractivity contribution in [3.63, 3.8) is 0 Å². The first kappa shape index (κ1) is 14.3. The van der Waals surface area contributed by atoms with E-state index >= 15 is 0 Å². The highest BCUT2D eigenvalue weighted by Gasteiger charge is 2.27. The van der Waals surface area contributed by atoms with Crippen molar-refractivity contribution in [1.82, 2.24) is 20.4 Å². The minimum absolute atomic E-state index is 0.0109. The normalized spacial score (nSPS) is 27.7. The first-order chi connectivity index (χ1) is 8.59. The smallest absolute Gasteiger partial charge is 0.138 e. The van der Waals surface area contributed by atoms with Crippen LogP contribution in [0.1, 0.15) is 20.8 Å². The van der Waals surface area contributed by atoms with Crippen molar-refractivity contribution in [3.05, 3.63) is 11.1 Å². The zero-order chi connectivity index (χ0) is 13.1. The molecule has 0 spiro atoms. The summed E-state index contributed by atoms with van der Waals surface area (Å²) in [6.07, 6.45) is 0. The predicted molar refractivity (Wildman–Crippen MR) is 76.6 cm³/mol. The first-order valence-electron chi connectivity index (χ1n) is 6.82. The van der Waals surface area contributed by atoms with Gasteiger partial charge in [-0.15, -0.1) is 0 Å². The van der Waals surface area contributed by atoms with Crippen molar-refractivity contribution in [1.29, 1.82) is 0 Å². The van der Waals surface area contributed by atoms with Crippen LogP contribution in [-0.4, -0.2) is 60.9 Å². The molecule has 2 aliphatic rings. The minimum atomic E-state index is -0.0109. The summed E-state index contributed by atoms with van der Waals surface area (Å²) in [6.45, 7) is 13.0. The number of alkyl halides is 1. The first-order valence-corrected chi connectivity index (χ1v) is 7.25. The molecule has 0 bridgehead atoms. The Morgan fingerprint density at radius 2 is 2.11 bits per heavy atom. The van der Waals surface area contributed by atoms with Crippen LogP contribution in [0, 0.1) is 0 Å². The molecule has 2 rings (SSSR count). The van der Waals surface area contributed by atoms with Gasteiger partial charge in [0.1, 0.15) is 5.62 Å². The van der Waals surface area contributed by atoms with Crippen LogP contribution in [0.5, 0.6) is 0 Å². The molecule has 2 N–H and O–H groups in total. The Balaban J connectivity index is 2.01. The largest absolute Gasteiger partial charge is 0.303 e. The van der Waals surface area contributed by atoms with Crippen LogP contribution in [-0.2, 0) is 0 Å². The van der Waals surface area contributed by atoms with Gasteiger partial charge in [0.05, 0.1) is 0 Å². The summed E-state index contributed by atoms with van der Waals surface area (Å²) < 4.78 is 0. The molecule has 2 atom stereocenters. The third-order valence-electron chi connectivity index (χ3n) is 3.99. The van der Waals surface area contributed by atoms with Crippen LogP contribution in [0.3, 0.4) is 0 Å². The molecule has 5 heteroatoms. The summed E-state index contributed by atoms with van der Waals surface area (Å²) in [4.78, 5) is 4.80. The Labute approximate surface area is 115 Å². The molecule has 2 fully saturated rings. The SMILES string of the molecule is CC(C)=C(CN1CCNC1Cl)C(C)N1CCNC1. The van der Waals surface area contributed by atoms with Crippen molar-refractivity contribution < 1.29 is 0 Å². The van der Waals surface area contributed by atoms with E-state index in [0.717, 1.165) is 39.4 Å². The van der Waals surface area contributed by atoms with Gasteiger partial charge in [-0.1, -0.05) is 17.2 Å². The lowest BCUT2D eigenvalue weighted by Gasteiger charge is -2.30. The van der Waals surface area contributed by atoms with E-state index in [1.165, 1.54) is 11.1 Å². The van der Waals surface area contributed by atoms with Gasteiger partial charge in [0.15, 0.2) is 0 Å². The highest BCUT2D eigenvalue weighted by atomic mass is 35.5. The molecule has 2 heterocycles. The van der Waals surface area contributed by atoms with E-state index in [2.05, 4.69) is 41.2 Å². The third kappa shape index (κ3) is 3.25. The van der Waals surface area contributed by atoms with Gasteiger partial charge in [0, 0.05) is 45.4 Å². The lowest BCUT2D eigenvalue weighted by molar-refractivity contribution is 0.256. The van der Waals surface area contributed by atoms with E-state index in [9.17, 15) is 0 Å². The molecule has 0 aromatic heterocycles. The lowest BCUT2D eigenvalue weighted by atomic mass is 10.0. The summed E-state index contributed by atoms with van der Waals surface area (Å²) in [7, 11) is 0. The molecule has 0 saturated carbocycles. The quantitative estimate of drug-likeness (QED) is 0.454. The fourth-order valence-corrected chi connectivity index (χ4v) is 3.01. The highest BCUT2D eigenvalue weighted by Crippen LogP contribution is 2.19. The summed E-state index contributed by atoms with van der Waals surface area (Å²) in [5, 5.41) is 6.67. The second-order valence-corrected chi connectivity index (χ2v) is 5.85. The Bertz CT molecular complexity index is 308. The van der Waals surface area contributed by atoms with Crippen LogP contribution in [0.4, 0.5) is 0 Å². The monoisotopic (exact) mass is 272 g/mol. The molecule has 0 aliphatic carbocycles. The Morgan fingerprint density at radius 1 is 1.33 bits per heavy atom. The molecular formula is C13H25ClN4. The van der Waals surface area contributed by atoms with Gasteiger partial charge in [-0.25, -0.2) is 0 Å². The van der Waals surface area contributed by atoms with Crippen molar-refractivity contribution in [2.45, 2.75) is 32.4 Å². The maximum atomic E-state index is 6.26. The molecule has 0 radical (unpaired) electrons. The summed E-state index contributed by atoms with van der Waals surface area (Å²) in [5.74, 6) is 0. The summed E-state index contributed by atoms with van der Waals surface area (Å²) in [5.41, 5.74) is 2.92. The summed E-state index contributed by atoms with van der Waals surface area (Å²) >= 11 is 6.26. The van der Waals surface area contributed by atoms with Crippen molar-refractivity contribution in [3.8, 4) is 0 Å². The van der Waals surface area contributed by atoms with Gasteiger partial charge in [0.25, 0.3) is 0 Å². The fourth-order valence-electron chi connectivity index (χ4n) is 2.73. The second kappa shape index (κ2) is 6.35. The van der Waals surface area contributed by atoms with Crippen molar-refractivity contribution >= 4 is 11.6 Å². The lowest BCUT2D eigenvalue weighted by Crippen LogP contribution is -2.40. The van der Waals surface area contributed by atoms with Crippen LogP contribution >= 0.6 is 11.6 Å². The number of halogens is 1. The van der Waals surface area contributed by atoms with E-state index in [1.54, 1.807) is 0 Å². The van der Waals surface area contributed by atoms with E-state index in [1.807, 2.05) is 0 Å². The van der Waals surface area contributed by atoms with E-state index < -0.39 is 0 Å². The molecule has 0 aromatic rings. The number of hydrogen-bond acceptors (Lipinski definition) is 4. The molecule has 18 heavy (non-hydrogen) atoms. The van der Waals surface area contributed by atoms with Gasteiger partial charge in [-0.3, -0.25) is 15.1 Å². The van der Waals surface area contributed by atoms with E-state index in [4.69, 9.17) is 11.6 Å². The molecule has 2 saturated heterocycles. The van der Waals surface area contributed by atoms with Gasteiger partial charge in [-0.05, 0) is 26.3 Å². The topological polar surface area (TPSA) is 30.5 Å². The van der Waals surface area contributed by atoms with Crippen LogP contribution in [0.2, 0.25) is 0 Å². The number of hydrogen-bond donors (Lipinski definition) is 2. The zero-order valence-electron chi connectivity index (χ0n) is 11.7. The van der Waals surface area contributed by atoms with Crippen molar-refractivity contribution in [2.24, 2.45) is 0 Å². The Morgan fingerprint density at radius 3 is 2.61 bits per heavy atom. The fraction of sp³-hybridized carbons (Fsp3) is 0.846. The maximum Gasteiger partial charge on any atom is 0.138 e. The molecule has 4 nitrogen and oxygen atoms in total. The standard InChI is InChI=1S/C13H25ClN4/c1-10(2)12(8-17-7-5-16-13(17)14)11(3)18-6-4-15-9-18/h11,13,15-16H,4-9H2,1-3H3. The van der Waals surface area contributed by atoms with Gasteiger partial charge in [0.2, 0.25) is 0 Å². The van der Waals surface area contributed by atoms with Gasteiger partial charge >= 0.3 is 0 Å². The number of nitrogens with zero attached hydrogens (tertiary/aromatic N) is 2. The molecule has 0 aromatic carbocycles. The van der Waals surface area contributed by atoms with Gasteiger partial charge in [-0.2, -0.15) is 0 Å². The van der Waals surface area contributed by atoms with Gasteiger partial charge < -0.3 is 5.32 Å². The molecule has 2 unspecified atom stereocenters. The predicted octanol–water partition coefficient (Wildman–Crippen LogP) is 1.00. The average Bonchev–Trinajstić information content (AvgIpc) is 2.96. The van der Waals surface area contributed by atoms with Crippen LogP contribution < -0.4 is 10.6 Å². The Kier molecular flexibility index (Phi) is 5.04. The minimum Gasteiger partial charge on any atom is -0.303 e. The van der Waals surface area contributed by atoms with Crippen LogP contribution in [0.25, 0.3) is 0 Å². The van der Waals surface area contributed by atoms with E-state index in [0.29, 0.717) is 6.04 Å². The zero-order valence-corrected chi connectivity index (χ0v) is 12.4. The highest BCUT2D eigenvalue weighted by molar-refractivity contribution is 6.20. The molecule has 0 amide bonds. The summed E-state index contributed by atoms with van der Waals surface area (Å²) in [6, 6.07) is 0.495. The number of allylic oxidation sites excluding steroid dienone is 1. The number of rotatable bonds is 4.